The molecule has 2 aliphatic carbocycles. The quantitative estimate of drug-likeness (QED) is 0.433. The van der Waals surface area contributed by atoms with Crippen LogP contribution in [0.5, 0.6) is 0 Å². The van der Waals surface area contributed by atoms with Crippen molar-refractivity contribution in [3.8, 4) is 0 Å². The van der Waals surface area contributed by atoms with Crippen LogP contribution in [0.3, 0.4) is 0 Å². The van der Waals surface area contributed by atoms with Gasteiger partial charge >= 0.3 is 0 Å². The van der Waals surface area contributed by atoms with Gasteiger partial charge < -0.3 is 9.63 Å². The van der Waals surface area contributed by atoms with E-state index in [-0.39, 0.29) is 29.2 Å². The van der Waals surface area contributed by atoms with E-state index in [1.807, 2.05) is 38.1 Å². The lowest BCUT2D eigenvalue weighted by Gasteiger charge is -2.26. The van der Waals surface area contributed by atoms with Crippen molar-refractivity contribution < 1.29 is 19.2 Å². The number of Topliss-reactive ketones (excluding diaryl/α,β-unsaturated/α-hetero) is 2. The van der Waals surface area contributed by atoms with Gasteiger partial charge in [-0.1, -0.05) is 34.9 Å². The Kier molecular flexibility index (Phi) is 5.97. The van der Waals surface area contributed by atoms with Crippen molar-refractivity contribution in [1.29, 1.82) is 0 Å². The van der Waals surface area contributed by atoms with Crippen LogP contribution in [0.15, 0.2) is 49.6 Å². The normalized spacial score (nSPS) is 21.3. The molecule has 31 heavy (non-hydrogen) atoms. The van der Waals surface area contributed by atoms with Gasteiger partial charge in [-0.05, 0) is 42.5 Å². The lowest BCUT2D eigenvalue weighted by molar-refractivity contribution is -0.115. The second-order valence-electron chi connectivity index (χ2n) is 9.00. The van der Waals surface area contributed by atoms with Gasteiger partial charge in [0.05, 0.1) is 28.2 Å². The van der Waals surface area contributed by atoms with Gasteiger partial charge in [-0.25, -0.2) is 0 Å². The number of aliphatic imine (C=N–C) groups is 1. The van der Waals surface area contributed by atoms with Crippen molar-refractivity contribution >= 4 is 38.9 Å². The number of carbonyl (C=O) groups excluding carboxylic acids is 2. The van der Waals surface area contributed by atoms with Gasteiger partial charge in [0.1, 0.15) is 11.5 Å². The van der Waals surface area contributed by atoms with Crippen LogP contribution < -0.4 is 0 Å². The molecule has 1 heterocycles. The minimum atomic E-state index is -0.141. The number of aliphatic hydroxyl groups excluding tert-OH is 1. The van der Waals surface area contributed by atoms with Crippen LogP contribution in [0.1, 0.15) is 67.8 Å². The van der Waals surface area contributed by atoms with Gasteiger partial charge in [-0.2, -0.15) is 0 Å². The second-order valence-corrected chi connectivity index (χ2v) is 9.92. The SMILES string of the molecule is CC1(C)CC(=O)c2c(CC/C(O)=C3\C(=O)CCCC3=Nc3ccc(Br)cc3)noc2C1. The first kappa shape index (κ1) is 21.7. The molecule has 2 aliphatic rings. The predicted octanol–water partition coefficient (Wildman–Crippen LogP) is 5.86. The Hall–Kier alpha value is -2.54. The standard InChI is InChI=1S/C24H25BrN2O4/c1-24(2)12-20(30)23-17(27-31-21(23)13-24)10-11-19(29)22-16(4-3-5-18(22)28)26-15-8-6-14(25)7-9-15/h6-9,29H,3-5,10-13H2,1-2H3/b22-19+,26-16?. The number of benzene rings is 1. The third-order valence-electron chi connectivity index (χ3n) is 5.75. The number of allylic oxidation sites excluding steroid dienone is 2. The second kappa shape index (κ2) is 8.54. The summed E-state index contributed by atoms with van der Waals surface area (Å²) in [7, 11) is 0. The molecule has 0 amide bonds. The Morgan fingerprint density at radius 3 is 2.65 bits per heavy atom. The summed E-state index contributed by atoms with van der Waals surface area (Å²) in [5, 5.41) is 14.9. The molecule has 0 atom stereocenters. The average Bonchev–Trinajstić information content (AvgIpc) is 3.10. The highest BCUT2D eigenvalue weighted by Crippen LogP contribution is 2.36. The Morgan fingerprint density at radius 2 is 1.90 bits per heavy atom. The summed E-state index contributed by atoms with van der Waals surface area (Å²) in [5.41, 5.74) is 2.61. The topological polar surface area (TPSA) is 92.8 Å². The number of halogens is 1. The maximum atomic E-state index is 12.6. The molecule has 0 bridgehead atoms. The summed E-state index contributed by atoms with van der Waals surface area (Å²) in [4.78, 5) is 29.8. The summed E-state index contributed by atoms with van der Waals surface area (Å²) in [6.07, 6.45) is 3.39. The number of aliphatic hydroxyl groups is 1. The van der Waals surface area contributed by atoms with Crippen LogP contribution in [-0.2, 0) is 17.6 Å². The van der Waals surface area contributed by atoms with Gasteiger partial charge in [-0.15, -0.1) is 0 Å². The molecule has 162 valence electrons. The van der Waals surface area contributed by atoms with Crippen molar-refractivity contribution in [1.82, 2.24) is 5.16 Å². The average molecular weight is 485 g/mol. The van der Waals surface area contributed by atoms with Crippen LogP contribution in [0.25, 0.3) is 0 Å². The van der Waals surface area contributed by atoms with Crippen molar-refractivity contribution in [2.45, 2.75) is 58.8 Å². The van der Waals surface area contributed by atoms with E-state index in [0.717, 1.165) is 10.2 Å². The fraction of sp³-hybridized carbons (Fsp3) is 0.417. The van der Waals surface area contributed by atoms with Crippen LogP contribution in [0, 0.1) is 5.41 Å². The minimum absolute atomic E-state index is 0.000833. The number of fused-ring (bicyclic) bond motifs is 1. The molecule has 7 heteroatoms. The van der Waals surface area contributed by atoms with Crippen LogP contribution in [-0.4, -0.2) is 27.5 Å². The number of nitrogens with zero attached hydrogens (tertiary/aromatic N) is 2. The van der Waals surface area contributed by atoms with E-state index in [1.54, 1.807) is 0 Å². The lowest BCUT2D eigenvalue weighted by Crippen LogP contribution is -2.26. The molecule has 0 unspecified atom stereocenters. The molecular weight excluding hydrogens is 460 g/mol. The van der Waals surface area contributed by atoms with E-state index in [1.165, 1.54) is 0 Å². The highest BCUT2D eigenvalue weighted by Gasteiger charge is 2.36. The smallest absolute Gasteiger partial charge is 0.168 e. The number of hydrogen-bond acceptors (Lipinski definition) is 6. The largest absolute Gasteiger partial charge is 0.511 e. The Labute approximate surface area is 189 Å². The summed E-state index contributed by atoms with van der Waals surface area (Å²) in [6.45, 7) is 4.07. The fourth-order valence-corrected chi connectivity index (χ4v) is 4.55. The maximum absolute atomic E-state index is 12.6. The first-order valence-electron chi connectivity index (χ1n) is 10.5. The molecule has 1 saturated carbocycles. The number of rotatable bonds is 4. The summed E-state index contributed by atoms with van der Waals surface area (Å²) in [5.74, 6) is 0.552. The molecule has 4 rings (SSSR count). The molecule has 6 nitrogen and oxygen atoms in total. The van der Waals surface area contributed by atoms with Crippen LogP contribution >= 0.6 is 15.9 Å². The van der Waals surface area contributed by atoms with Gasteiger partial charge in [0.25, 0.3) is 0 Å². The number of hydrogen-bond donors (Lipinski definition) is 1. The zero-order valence-corrected chi connectivity index (χ0v) is 19.3. The number of aryl methyl sites for hydroxylation is 1. The predicted molar refractivity (Wildman–Crippen MR) is 121 cm³/mol. The highest BCUT2D eigenvalue weighted by atomic mass is 79.9. The van der Waals surface area contributed by atoms with E-state index in [2.05, 4.69) is 26.1 Å². The van der Waals surface area contributed by atoms with Gasteiger partial charge in [0, 0.05) is 36.6 Å². The Bertz CT molecular complexity index is 1090. The number of carbonyl (C=O) groups is 2. The van der Waals surface area contributed by atoms with E-state index < -0.39 is 0 Å². The molecule has 1 N–H and O–H groups in total. The summed E-state index contributed by atoms with van der Waals surface area (Å²) in [6, 6.07) is 7.50. The number of ketones is 2. The van der Waals surface area contributed by atoms with E-state index in [4.69, 9.17) is 4.52 Å². The monoisotopic (exact) mass is 484 g/mol. The molecular formula is C24H25BrN2O4. The third kappa shape index (κ3) is 4.71. The van der Waals surface area contributed by atoms with E-state index in [0.29, 0.717) is 66.8 Å². The van der Waals surface area contributed by atoms with Crippen molar-refractivity contribution in [3.63, 3.8) is 0 Å². The molecule has 2 aromatic rings. The van der Waals surface area contributed by atoms with Crippen molar-refractivity contribution in [2.24, 2.45) is 10.4 Å². The zero-order valence-electron chi connectivity index (χ0n) is 17.7. The van der Waals surface area contributed by atoms with Crippen molar-refractivity contribution in [3.05, 3.63) is 57.1 Å². The molecule has 1 aromatic carbocycles. The summed E-state index contributed by atoms with van der Waals surface area (Å²) >= 11 is 3.40. The van der Waals surface area contributed by atoms with Crippen LogP contribution in [0.4, 0.5) is 5.69 Å². The molecule has 0 radical (unpaired) electrons. The third-order valence-corrected chi connectivity index (χ3v) is 6.28. The fourth-order valence-electron chi connectivity index (χ4n) is 4.29. The first-order chi connectivity index (χ1) is 14.7. The highest BCUT2D eigenvalue weighted by molar-refractivity contribution is 9.10. The van der Waals surface area contributed by atoms with Crippen molar-refractivity contribution in [2.75, 3.05) is 0 Å². The summed E-state index contributed by atoms with van der Waals surface area (Å²) < 4.78 is 6.39. The Balaban J connectivity index is 1.58. The van der Waals surface area contributed by atoms with Crippen LogP contribution in [0.2, 0.25) is 0 Å². The first-order valence-corrected chi connectivity index (χ1v) is 11.3. The molecule has 1 aromatic heterocycles. The molecule has 0 saturated heterocycles. The van der Waals surface area contributed by atoms with E-state index in [9.17, 15) is 14.7 Å². The lowest BCUT2D eigenvalue weighted by atomic mass is 9.76. The number of aromatic nitrogens is 1. The molecule has 0 aliphatic heterocycles. The van der Waals surface area contributed by atoms with Gasteiger partial charge in [0.2, 0.25) is 0 Å². The maximum Gasteiger partial charge on any atom is 0.168 e. The molecule has 1 fully saturated rings. The van der Waals surface area contributed by atoms with Gasteiger partial charge in [0.15, 0.2) is 11.6 Å². The Morgan fingerprint density at radius 1 is 1.16 bits per heavy atom. The minimum Gasteiger partial charge on any atom is -0.511 e. The zero-order chi connectivity index (χ0) is 22.2. The van der Waals surface area contributed by atoms with E-state index >= 15 is 0 Å². The molecule has 0 spiro atoms. The van der Waals surface area contributed by atoms with Gasteiger partial charge in [-0.3, -0.25) is 14.6 Å².